The SMILES string of the molecule is CCC(N)c1ccccc1N(CCCOC)CCOC. The second-order valence-corrected chi connectivity index (χ2v) is 4.90. The molecule has 0 spiro atoms. The van der Waals surface area contributed by atoms with Crippen molar-refractivity contribution in [1.29, 1.82) is 0 Å². The lowest BCUT2D eigenvalue weighted by atomic mass is 10.0. The van der Waals surface area contributed by atoms with Crippen LogP contribution in [0, 0.1) is 0 Å². The molecular weight excluding hydrogens is 252 g/mol. The standard InChI is InChI=1S/C16H28N2O2/c1-4-15(17)14-8-5-6-9-16(14)18(11-13-20-3)10-7-12-19-2/h5-6,8-9,15H,4,7,10-13,17H2,1-3H3. The van der Waals surface area contributed by atoms with Gasteiger partial charge in [-0.25, -0.2) is 0 Å². The van der Waals surface area contributed by atoms with E-state index in [-0.39, 0.29) is 6.04 Å². The van der Waals surface area contributed by atoms with Gasteiger partial charge in [-0.15, -0.1) is 0 Å². The predicted octanol–water partition coefficient (Wildman–Crippen LogP) is 2.59. The minimum atomic E-state index is 0.0821. The van der Waals surface area contributed by atoms with Gasteiger partial charge in [-0.1, -0.05) is 25.1 Å². The van der Waals surface area contributed by atoms with E-state index in [1.807, 2.05) is 0 Å². The molecule has 0 saturated carbocycles. The second-order valence-electron chi connectivity index (χ2n) is 4.90. The van der Waals surface area contributed by atoms with E-state index in [9.17, 15) is 0 Å². The summed E-state index contributed by atoms with van der Waals surface area (Å²) in [6.07, 6.45) is 1.93. The van der Waals surface area contributed by atoms with E-state index >= 15 is 0 Å². The number of nitrogens with two attached hydrogens (primary N) is 1. The molecule has 2 N–H and O–H groups in total. The molecule has 114 valence electrons. The molecule has 4 heteroatoms. The Hall–Kier alpha value is -1.10. The molecule has 1 aromatic rings. The summed E-state index contributed by atoms with van der Waals surface area (Å²) in [7, 11) is 3.47. The van der Waals surface area contributed by atoms with Crippen LogP contribution in [0.25, 0.3) is 0 Å². The summed E-state index contributed by atoms with van der Waals surface area (Å²) in [4.78, 5) is 2.34. The van der Waals surface area contributed by atoms with Gasteiger partial charge in [-0.05, 0) is 24.5 Å². The van der Waals surface area contributed by atoms with E-state index in [0.29, 0.717) is 6.61 Å². The monoisotopic (exact) mass is 280 g/mol. The highest BCUT2D eigenvalue weighted by molar-refractivity contribution is 5.55. The number of benzene rings is 1. The minimum absolute atomic E-state index is 0.0821. The van der Waals surface area contributed by atoms with Gasteiger partial charge in [0.15, 0.2) is 0 Å². The number of anilines is 1. The number of methoxy groups -OCH3 is 2. The highest BCUT2D eigenvalue weighted by Gasteiger charge is 2.14. The third kappa shape index (κ3) is 5.12. The van der Waals surface area contributed by atoms with Crippen molar-refractivity contribution in [1.82, 2.24) is 0 Å². The van der Waals surface area contributed by atoms with Crippen molar-refractivity contribution >= 4 is 5.69 Å². The topological polar surface area (TPSA) is 47.7 Å². The molecule has 0 saturated heterocycles. The smallest absolute Gasteiger partial charge is 0.0637 e. The Morgan fingerprint density at radius 1 is 1.10 bits per heavy atom. The fraction of sp³-hybridized carbons (Fsp3) is 0.625. The van der Waals surface area contributed by atoms with Gasteiger partial charge < -0.3 is 20.1 Å². The summed E-state index contributed by atoms with van der Waals surface area (Å²) >= 11 is 0. The lowest BCUT2D eigenvalue weighted by Gasteiger charge is -2.28. The van der Waals surface area contributed by atoms with Gasteiger partial charge in [0, 0.05) is 45.6 Å². The van der Waals surface area contributed by atoms with Gasteiger partial charge in [0.2, 0.25) is 0 Å². The first-order valence-corrected chi connectivity index (χ1v) is 7.31. The van der Waals surface area contributed by atoms with Gasteiger partial charge in [0.1, 0.15) is 0 Å². The highest BCUT2D eigenvalue weighted by Crippen LogP contribution is 2.26. The van der Waals surface area contributed by atoms with Crippen LogP contribution in [0.2, 0.25) is 0 Å². The van der Waals surface area contributed by atoms with Gasteiger partial charge in [0.05, 0.1) is 6.61 Å². The predicted molar refractivity (Wildman–Crippen MR) is 84.2 cm³/mol. The Morgan fingerprint density at radius 3 is 2.45 bits per heavy atom. The van der Waals surface area contributed by atoms with Crippen LogP contribution in [0.4, 0.5) is 5.69 Å². The molecule has 0 radical (unpaired) electrons. The van der Waals surface area contributed by atoms with Crippen molar-refractivity contribution in [2.45, 2.75) is 25.8 Å². The second kappa shape index (κ2) is 9.75. The largest absolute Gasteiger partial charge is 0.385 e. The van der Waals surface area contributed by atoms with Crippen molar-refractivity contribution in [3.05, 3.63) is 29.8 Å². The third-order valence-electron chi connectivity index (χ3n) is 3.46. The molecule has 0 heterocycles. The lowest BCUT2D eigenvalue weighted by Crippen LogP contribution is -2.30. The van der Waals surface area contributed by atoms with Gasteiger partial charge in [-0.2, -0.15) is 0 Å². The lowest BCUT2D eigenvalue weighted by molar-refractivity contribution is 0.191. The van der Waals surface area contributed by atoms with Crippen LogP contribution < -0.4 is 10.6 Å². The first-order valence-electron chi connectivity index (χ1n) is 7.31. The summed E-state index contributed by atoms with van der Waals surface area (Å²) in [6, 6.07) is 8.47. The summed E-state index contributed by atoms with van der Waals surface area (Å²) < 4.78 is 10.4. The first kappa shape index (κ1) is 17.0. The van der Waals surface area contributed by atoms with E-state index in [0.717, 1.165) is 32.5 Å². The maximum Gasteiger partial charge on any atom is 0.0637 e. The average Bonchev–Trinajstić information content (AvgIpc) is 2.50. The Balaban J connectivity index is 2.87. The van der Waals surface area contributed by atoms with Crippen molar-refractivity contribution in [2.75, 3.05) is 45.4 Å². The molecule has 0 aliphatic carbocycles. The number of nitrogens with zero attached hydrogens (tertiary/aromatic N) is 1. The van der Waals surface area contributed by atoms with E-state index in [4.69, 9.17) is 15.2 Å². The molecule has 0 fully saturated rings. The molecular formula is C16H28N2O2. The maximum atomic E-state index is 6.23. The number of para-hydroxylation sites is 1. The molecule has 0 aliphatic rings. The minimum Gasteiger partial charge on any atom is -0.385 e. The van der Waals surface area contributed by atoms with Crippen molar-refractivity contribution in [3.63, 3.8) is 0 Å². The van der Waals surface area contributed by atoms with Gasteiger partial charge >= 0.3 is 0 Å². The van der Waals surface area contributed by atoms with Gasteiger partial charge in [-0.3, -0.25) is 0 Å². The fourth-order valence-corrected chi connectivity index (χ4v) is 2.26. The number of ether oxygens (including phenoxy) is 2. The van der Waals surface area contributed by atoms with E-state index in [1.54, 1.807) is 14.2 Å². The van der Waals surface area contributed by atoms with Crippen LogP contribution >= 0.6 is 0 Å². The quantitative estimate of drug-likeness (QED) is 0.669. The fourth-order valence-electron chi connectivity index (χ4n) is 2.26. The van der Waals surface area contributed by atoms with Crippen LogP contribution in [0.5, 0.6) is 0 Å². The van der Waals surface area contributed by atoms with E-state index < -0.39 is 0 Å². The molecule has 0 amide bonds. The number of rotatable bonds is 10. The van der Waals surface area contributed by atoms with E-state index in [2.05, 4.69) is 36.1 Å². The molecule has 1 aromatic carbocycles. The van der Waals surface area contributed by atoms with Crippen LogP contribution in [0.3, 0.4) is 0 Å². The van der Waals surface area contributed by atoms with Crippen LogP contribution in [0.15, 0.2) is 24.3 Å². The van der Waals surface area contributed by atoms with Crippen LogP contribution in [-0.2, 0) is 9.47 Å². The zero-order valence-electron chi connectivity index (χ0n) is 13.0. The molecule has 1 unspecified atom stereocenters. The molecule has 1 rings (SSSR count). The molecule has 0 aliphatic heterocycles. The third-order valence-corrected chi connectivity index (χ3v) is 3.46. The highest BCUT2D eigenvalue weighted by atomic mass is 16.5. The average molecular weight is 280 g/mol. The summed E-state index contributed by atoms with van der Waals surface area (Å²) in [6.45, 7) is 5.42. The summed E-state index contributed by atoms with van der Waals surface area (Å²) in [5.74, 6) is 0. The molecule has 1 atom stereocenters. The van der Waals surface area contributed by atoms with Crippen molar-refractivity contribution in [3.8, 4) is 0 Å². The maximum absolute atomic E-state index is 6.23. The zero-order chi connectivity index (χ0) is 14.8. The zero-order valence-corrected chi connectivity index (χ0v) is 13.0. The van der Waals surface area contributed by atoms with Crippen molar-refractivity contribution < 1.29 is 9.47 Å². The van der Waals surface area contributed by atoms with E-state index in [1.165, 1.54) is 11.3 Å². The Morgan fingerprint density at radius 2 is 1.80 bits per heavy atom. The summed E-state index contributed by atoms with van der Waals surface area (Å²) in [5, 5.41) is 0. The van der Waals surface area contributed by atoms with Crippen LogP contribution in [-0.4, -0.2) is 40.5 Å². The number of hydrogen-bond donors (Lipinski definition) is 1. The summed E-state index contributed by atoms with van der Waals surface area (Å²) in [5.41, 5.74) is 8.66. The Kier molecular flexibility index (Phi) is 8.26. The molecule has 0 aromatic heterocycles. The number of hydrogen-bond acceptors (Lipinski definition) is 4. The Labute approximate surface area is 122 Å². The molecule has 20 heavy (non-hydrogen) atoms. The molecule has 4 nitrogen and oxygen atoms in total. The van der Waals surface area contributed by atoms with Gasteiger partial charge in [0.25, 0.3) is 0 Å². The van der Waals surface area contributed by atoms with Crippen LogP contribution in [0.1, 0.15) is 31.4 Å². The van der Waals surface area contributed by atoms with Crippen molar-refractivity contribution in [2.24, 2.45) is 5.73 Å². The normalized spacial score (nSPS) is 12.4. The first-order chi connectivity index (χ1) is 9.74. The molecule has 0 bridgehead atoms. The Bertz CT molecular complexity index is 371.